The molecule has 0 amide bonds. The number of hydrogen-bond acceptors (Lipinski definition) is 4. The highest BCUT2D eigenvalue weighted by molar-refractivity contribution is 7.92. The molecule has 1 rings (SSSR count). The highest BCUT2D eigenvalue weighted by atomic mass is 32.2. The number of carbonyl (C=O) groups excluding carboxylic acids is 2. The summed E-state index contributed by atoms with van der Waals surface area (Å²) in [7, 11) is -3.67. The van der Waals surface area contributed by atoms with E-state index in [0.29, 0.717) is 5.56 Å². The summed E-state index contributed by atoms with van der Waals surface area (Å²) in [5, 5.41) is -1.07. The summed E-state index contributed by atoms with van der Waals surface area (Å²) in [6.45, 7) is 6.55. The third-order valence-electron chi connectivity index (χ3n) is 3.86. The van der Waals surface area contributed by atoms with Crippen molar-refractivity contribution in [1.82, 2.24) is 0 Å². The molecule has 0 saturated heterocycles. The third kappa shape index (κ3) is 3.79. The number of hydrogen-bond donors (Lipinski definition) is 0. The van der Waals surface area contributed by atoms with E-state index in [1.807, 2.05) is 13.8 Å². The van der Waals surface area contributed by atoms with E-state index >= 15 is 0 Å². The highest BCUT2D eigenvalue weighted by Crippen LogP contribution is 2.20. The van der Waals surface area contributed by atoms with Crippen LogP contribution in [0.3, 0.4) is 0 Å². The maximum Gasteiger partial charge on any atom is 0.188 e. The molecule has 4 nitrogen and oxygen atoms in total. The van der Waals surface area contributed by atoms with Gasteiger partial charge in [0.2, 0.25) is 0 Å². The molecule has 0 heterocycles. The molecule has 116 valence electrons. The number of sulfone groups is 1. The van der Waals surface area contributed by atoms with Crippen molar-refractivity contribution < 1.29 is 18.0 Å². The lowest BCUT2D eigenvalue weighted by molar-refractivity contribution is -0.116. The van der Waals surface area contributed by atoms with Gasteiger partial charge in [-0.2, -0.15) is 0 Å². The van der Waals surface area contributed by atoms with Crippen LogP contribution < -0.4 is 0 Å². The van der Waals surface area contributed by atoms with E-state index < -0.39 is 20.9 Å². The molecule has 0 saturated carbocycles. The Balaban J connectivity index is 3.08. The summed E-state index contributed by atoms with van der Waals surface area (Å²) >= 11 is 0. The molecule has 21 heavy (non-hydrogen) atoms. The zero-order valence-electron chi connectivity index (χ0n) is 12.9. The van der Waals surface area contributed by atoms with Gasteiger partial charge in [-0.1, -0.05) is 26.0 Å². The van der Waals surface area contributed by atoms with Crippen molar-refractivity contribution in [2.75, 3.05) is 0 Å². The minimum Gasteiger partial charge on any atom is -0.299 e. The van der Waals surface area contributed by atoms with E-state index in [-0.39, 0.29) is 16.6 Å². The van der Waals surface area contributed by atoms with Crippen molar-refractivity contribution >= 4 is 21.4 Å². The molecule has 1 aromatic rings. The second kappa shape index (κ2) is 6.98. The van der Waals surface area contributed by atoms with Crippen molar-refractivity contribution in [3.63, 3.8) is 0 Å². The van der Waals surface area contributed by atoms with Gasteiger partial charge in [0.05, 0.1) is 4.90 Å². The van der Waals surface area contributed by atoms with Crippen LogP contribution >= 0.6 is 0 Å². The van der Waals surface area contributed by atoms with Crippen LogP contribution in [-0.4, -0.2) is 25.2 Å². The quantitative estimate of drug-likeness (QED) is 0.726. The second-order valence-corrected chi connectivity index (χ2v) is 7.47. The van der Waals surface area contributed by atoms with E-state index in [1.54, 1.807) is 0 Å². The largest absolute Gasteiger partial charge is 0.299 e. The first-order valence-electron chi connectivity index (χ1n) is 7.14. The average Bonchev–Trinajstić information content (AvgIpc) is 2.47. The fraction of sp³-hybridized carbons (Fsp3) is 0.500. The van der Waals surface area contributed by atoms with Gasteiger partial charge < -0.3 is 0 Å². The van der Waals surface area contributed by atoms with Crippen molar-refractivity contribution in [2.24, 2.45) is 5.92 Å². The van der Waals surface area contributed by atoms with Crippen LogP contribution in [0.2, 0.25) is 0 Å². The molecular weight excluding hydrogens is 288 g/mol. The molecule has 0 bridgehead atoms. The lowest BCUT2D eigenvalue weighted by Crippen LogP contribution is -2.25. The van der Waals surface area contributed by atoms with E-state index in [1.165, 1.54) is 38.1 Å². The van der Waals surface area contributed by atoms with E-state index in [9.17, 15) is 18.0 Å². The first-order chi connectivity index (χ1) is 9.75. The van der Waals surface area contributed by atoms with E-state index in [2.05, 4.69) is 0 Å². The maximum atomic E-state index is 12.2. The van der Waals surface area contributed by atoms with Crippen LogP contribution in [0, 0.1) is 5.92 Å². The SMILES string of the molecule is CCC(CC)C(=O)c1ccc(S(=O)(=O)C(C)C(C)=O)cc1. The first kappa shape index (κ1) is 17.6. The third-order valence-corrected chi connectivity index (χ3v) is 6.05. The molecule has 0 aliphatic carbocycles. The maximum absolute atomic E-state index is 12.2. The van der Waals surface area contributed by atoms with Crippen LogP contribution in [0.5, 0.6) is 0 Å². The fourth-order valence-corrected chi connectivity index (χ4v) is 3.49. The monoisotopic (exact) mass is 310 g/mol. The second-order valence-electron chi connectivity index (χ2n) is 5.20. The summed E-state index contributed by atoms with van der Waals surface area (Å²) < 4.78 is 24.4. The van der Waals surface area contributed by atoms with Crippen molar-refractivity contribution in [2.45, 2.75) is 50.7 Å². The van der Waals surface area contributed by atoms with Gasteiger partial charge in [-0.15, -0.1) is 0 Å². The number of benzene rings is 1. The zero-order chi connectivity index (χ0) is 16.2. The first-order valence-corrected chi connectivity index (χ1v) is 8.68. The Morgan fingerprint density at radius 2 is 1.52 bits per heavy atom. The van der Waals surface area contributed by atoms with Crippen molar-refractivity contribution in [3.8, 4) is 0 Å². The van der Waals surface area contributed by atoms with Crippen molar-refractivity contribution in [1.29, 1.82) is 0 Å². The van der Waals surface area contributed by atoms with Gasteiger partial charge in [0.25, 0.3) is 0 Å². The van der Waals surface area contributed by atoms with Gasteiger partial charge in [0.15, 0.2) is 15.6 Å². The summed E-state index contributed by atoms with van der Waals surface area (Å²) in [5.41, 5.74) is 0.512. The van der Waals surface area contributed by atoms with Crippen LogP contribution in [-0.2, 0) is 14.6 Å². The Morgan fingerprint density at radius 3 is 1.90 bits per heavy atom. The predicted molar refractivity (Wildman–Crippen MR) is 82.2 cm³/mol. The summed E-state index contributed by atoms with van der Waals surface area (Å²) in [6.07, 6.45) is 1.52. The van der Waals surface area contributed by atoms with Gasteiger partial charge in [-0.25, -0.2) is 8.42 Å². The molecule has 5 heteroatoms. The molecular formula is C16H22O4S. The molecule has 1 aromatic carbocycles. The number of rotatable bonds is 7. The highest BCUT2D eigenvalue weighted by Gasteiger charge is 2.27. The average molecular weight is 310 g/mol. The van der Waals surface area contributed by atoms with Crippen LogP contribution in [0.1, 0.15) is 50.9 Å². The summed E-state index contributed by atoms with van der Waals surface area (Å²) in [6, 6.07) is 5.87. The topological polar surface area (TPSA) is 68.3 Å². The fourth-order valence-electron chi connectivity index (χ4n) is 2.13. The van der Waals surface area contributed by atoms with Gasteiger partial charge in [0.1, 0.15) is 11.0 Å². The molecule has 0 fully saturated rings. The van der Waals surface area contributed by atoms with Crippen LogP contribution in [0.15, 0.2) is 29.2 Å². The Kier molecular flexibility index (Phi) is 5.84. The standard InChI is InChI=1S/C16H22O4S/c1-5-13(6-2)16(18)14-7-9-15(10-8-14)21(19,20)12(4)11(3)17/h7-10,12-13H,5-6H2,1-4H3. The molecule has 1 unspecified atom stereocenters. The lowest BCUT2D eigenvalue weighted by Gasteiger charge is -2.13. The molecule has 0 spiro atoms. The van der Waals surface area contributed by atoms with Crippen molar-refractivity contribution in [3.05, 3.63) is 29.8 Å². The van der Waals surface area contributed by atoms with Gasteiger partial charge in [0, 0.05) is 11.5 Å². The Morgan fingerprint density at radius 1 is 1.05 bits per heavy atom. The Bertz CT molecular complexity index is 610. The van der Waals surface area contributed by atoms with Gasteiger partial charge in [-0.05, 0) is 38.8 Å². The van der Waals surface area contributed by atoms with Crippen LogP contribution in [0.25, 0.3) is 0 Å². The minimum atomic E-state index is -3.67. The van der Waals surface area contributed by atoms with Gasteiger partial charge in [-0.3, -0.25) is 9.59 Å². The minimum absolute atomic E-state index is 0.0311. The van der Waals surface area contributed by atoms with E-state index in [4.69, 9.17) is 0 Å². The normalized spacial score (nSPS) is 13.2. The van der Waals surface area contributed by atoms with E-state index in [0.717, 1.165) is 12.8 Å². The summed E-state index contributed by atoms with van der Waals surface area (Å²) in [5.74, 6) is -0.403. The Hall–Kier alpha value is -1.49. The number of Topliss-reactive ketones (excluding diaryl/α,β-unsaturated/α-hetero) is 2. The zero-order valence-corrected chi connectivity index (χ0v) is 13.7. The molecule has 0 aliphatic heterocycles. The molecule has 0 radical (unpaired) electrons. The predicted octanol–water partition coefficient (Wildman–Crippen LogP) is 3.06. The lowest BCUT2D eigenvalue weighted by atomic mass is 9.93. The smallest absolute Gasteiger partial charge is 0.188 e. The Labute approximate surface area is 126 Å². The summed E-state index contributed by atoms with van der Waals surface area (Å²) in [4.78, 5) is 23.6. The number of ketones is 2. The molecule has 1 atom stereocenters. The van der Waals surface area contributed by atoms with Gasteiger partial charge >= 0.3 is 0 Å². The molecule has 0 N–H and O–H groups in total. The number of carbonyl (C=O) groups is 2. The molecule has 0 aliphatic rings. The molecule has 0 aromatic heterocycles. The van der Waals surface area contributed by atoms with Crippen LogP contribution in [0.4, 0.5) is 0 Å².